The standard InChI is InChI=1S/C22H17FN2O2/c23-21-4-2-1-3-19(21)14-25-22(26)15-27-20-11-9-18(10-12-20)17-7-5-16(13-24)6-8-17/h1-12H,14-15H2,(H,25,26). The van der Waals surface area contributed by atoms with Gasteiger partial charge < -0.3 is 10.1 Å². The molecule has 3 rings (SSSR count). The van der Waals surface area contributed by atoms with Gasteiger partial charge in [-0.3, -0.25) is 4.79 Å². The summed E-state index contributed by atoms with van der Waals surface area (Å²) in [6.07, 6.45) is 0. The van der Waals surface area contributed by atoms with Crippen LogP contribution in [0.4, 0.5) is 4.39 Å². The molecule has 5 heteroatoms. The van der Waals surface area contributed by atoms with Crippen molar-refractivity contribution in [2.45, 2.75) is 6.54 Å². The summed E-state index contributed by atoms with van der Waals surface area (Å²) in [4.78, 5) is 11.9. The Morgan fingerprint density at radius 1 is 0.963 bits per heavy atom. The number of hydrogen-bond donors (Lipinski definition) is 1. The van der Waals surface area contributed by atoms with Crippen LogP contribution in [0, 0.1) is 17.1 Å². The lowest BCUT2D eigenvalue weighted by molar-refractivity contribution is -0.123. The van der Waals surface area contributed by atoms with Crippen molar-refractivity contribution in [3.8, 4) is 22.9 Å². The quantitative estimate of drug-likeness (QED) is 0.721. The van der Waals surface area contributed by atoms with E-state index in [2.05, 4.69) is 11.4 Å². The number of hydrogen-bond acceptors (Lipinski definition) is 3. The third-order valence-corrected chi connectivity index (χ3v) is 4.01. The molecule has 0 unspecified atom stereocenters. The molecule has 27 heavy (non-hydrogen) atoms. The molecule has 0 spiro atoms. The van der Waals surface area contributed by atoms with E-state index in [-0.39, 0.29) is 24.9 Å². The lowest BCUT2D eigenvalue weighted by Crippen LogP contribution is -2.28. The molecule has 0 aliphatic heterocycles. The molecule has 0 fully saturated rings. The summed E-state index contributed by atoms with van der Waals surface area (Å²) in [7, 11) is 0. The van der Waals surface area contributed by atoms with Gasteiger partial charge in [-0.05, 0) is 41.5 Å². The number of amides is 1. The molecule has 0 saturated carbocycles. The Morgan fingerprint density at radius 2 is 1.59 bits per heavy atom. The zero-order valence-electron chi connectivity index (χ0n) is 14.5. The number of halogens is 1. The Hall–Kier alpha value is -3.65. The maximum absolute atomic E-state index is 13.5. The van der Waals surface area contributed by atoms with Crippen molar-refractivity contribution in [1.82, 2.24) is 5.32 Å². The first-order valence-corrected chi connectivity index (χ1v) is 8.39. The van der Waals surface area contributed by atoms with Gasteiger partial charge in [0.05, 0.1) is 11.6 Å². The maximum atomic E-state index is 13.5. The van der Waals surface area contributed by atoms with E-state index in [9.17, 15) is 9.18 Å². The highest BCUT2D eigenvalue weighted by molar-refractivity contribution is 5.77. The molecule has 3 aromatic rings. The van der Waals surface area contributed by atoms with Crippen molar-refractivity contribution in [1.29, 1.82) is 5.26 Å². The van der Waals surface area contributed by atoms with Crippen molar-refractivity contribution in [2.24, 2.45) is 0 Å². The van der Waals surface area contributed by atoms with Crippen LogP contribution in [-0.2, 0) is 11.3 Å². The first-order chi connectivity index (χ1) is 13.2. The van der Waals surface area contributed by atoms with Gasteiger partial charge >= 0.3 is 0 Å². The molecule has 0 radical (unpaired) electrons. The average molecular weight is 360 g/mol. The van der Waals surface area contributed by atoms with Gasteiger partial charge in [0, 0.05) is 12.1 Å². The number of nitrogens with one attached hydrogen (secondary N) is 1. The maximum Gasteiger partial charge on any atom is 0.258 e. The van der Waals surface area contributed by atoms with E-state index in [1.165, 1.54) is 6.07 Å². The van der Waals surface area contributed by atoms with E-state index in [1.807, 2.05) is 24.3 Å². The van der Waals surface area contributed by atoms with Crippen LogP contribution < -0.4 is 10.1 Å². The smallest absolute Gasteiger partial charge is 0.258 e. The van der Waals surface area contributed by atoms with Gasteiger partial charge in [-0.1, -0.05) is 42.5 Å². The van der Waals surface area contributed by atoms with Gasteiger partial charge in [-0.25, -0.2) is 4.39 Å². The molecule has 0 atom stereocenters. The Balaban J connectivity index is 1.51. The van der Waals surface area contributed by atoms with Crippen LogP contribution in [-0.4, -0.2) is 12.5 Å². The van der Waals surface area contributed by atoms with Crippen LogP contribution in [0.25, 0.3) is 11.1 Å². The van der Waals surface area contributed by atoms with Crippen LogP contribution in [0.2, 0.25) is 0 Å². The topological polar surface area (TPSA) is 62.1 Å². The van der Waals surface area contributed by atoms with Crippen LogP contribution >= 0.6 is 0 Å². The highest BCUT2D eigenvalue weighted by Gasteiger charge is 2.06. The van der Waals surface area contributed by atoms with Crippen LogP contribution in [0.3, 0.4) is 0 Å². The fourth-order valence-corrected chi connectivity index (χ4v) is 2.52. The van der Waals surface area contributed by atoms with Gasteiger partial charge in [0.1, 0.15) is 11.6 Å². The van der Waals surface area contributed by atoms with E-state index >= 15 is 0 Å². The van der Waals surface area contributed by atoms with E-state index in [1.54, 1.807) is 42.5 Å². The summed E-state index contributed by atoms with van der Waals surface area (Å²) < 4.78 is 19.0. The largest absolute Gasteiger partial charge is 0.484 e. The van der Waals surface area contributed by atoms with E-state index < -0.39 is 0 Å². The Kier molecular flexibility index (Phi) is 5.80. The molecular weight excluding hydrogens is 343 g/mol. The van der Waals surface area contributed by atoms with E-state index in [4.69, 9.17) is 10.00 Å². The van der Waals surface area contributed by atoms with Crippen LogP contribution in [0.5, 0.6) is 5.75 Å². The number of nitrogens with zero attached hydrogens (tertiary/aromatic N) is 1. The number of nitriles is 1. The number of rotatable bonds is 6. The molecule has 0 aromatic heterocycles. The predicted molar refractivity (Wildman–Crippen MR) is 100 cm³/mol. The molecule has 0 saturated heterocycles. The highest BCUT2D eigenvalue weighted by atomic mass is 19.1. The zero-order chi connectivity index (χ0) is 19.1. The fraction of sp³-hybridized carbons (Fsp3) is 0.0909. The normalized spacial score (nSPS) is 10.1. The second kappa shape index (κ2) is 8.63. The van der Waals surface area contributed by atoms with Crippen LogP contribution in [0.1, 0.15) is 11.1 Å². The number of benzene rings is 3. The first kappa shape index (κ1) is 18.2. The Labute approximate surface area is 156 Å². The molecule has 134 valence electrons. The molecule has 0 bridgehead atoms. The minimum absolute atomic E-state index is 0.118. The van der Waals surface area contributed by atoms with Crippen molar-refractivity contribution in [3.05, 3.63) is 89.7 Å². The number of carbonyl (C=O) groups is 1. The molecule has 3 aromatic carbocycles. The Bertz CT molecular complexity index is 961. The summed E-state index contributed by atoms with van der Waals surface area (Å²) >= 11 is 0. The summed E-state index contributed by atoms with van der Waals surface area (Å²) in [6, 6.07) is 23.0. The third kappa shape index (κ3) is 4.93. The van der Waals surface area contributed by atoms with Gasteiger partial charge in [-0.2, -0.15) is 5.26 Å². The second-order valence-electron chi connectivity index (χ2n) is 5.87. The van der Waals surface area contributed by atoms with Crippen LogP contribution in [0.15, 0.2) is 72.8 Å². The van der Waals surface area contributed by atoms with E-state index in [0.717, 1.165) is 11.1 Å². The number of ether oxygens (including phenoxy) is 1. The third-order valence-electron chi connectivity index (χ3n) is 4.01. The molecule has 0 aliphatic rings. The van der Waals surface area contributed by atoms with E-state index in [0.29, 0.717) is 16.9 Å². The van der Waals surface area contributed by atoms with Gasteiger partial charge in [0.25, 0.3) is 5.91 Å². The minimum Gasteiger partial charge on any atom is -0.484 e. The fourth-order valence-electron chi connectivity index (χ4n) is 2.52. The number of carbonyl (C=O) groups excluding carboxylic acids is 1. The van der Waals surface area contributed by atoms with Crippen molar-refractivity contribution >= 4 is 5.91 Å². The first-order valence-electron chi connectivity index (χ1n) is 8.39. The average Bonchev–Trinajstić information content (AvgIpc) is 2.72. The summed E-state index contributed by atoms with van der Waals surface area (Å²) in [6.45, 7) is -0.0306. The summed E-state index contributed by atoms with van der Waals surface area (Å²) in [5, 5.41) is 11.5. The van der Waals surface area contributed by atoms with Gasteiger partial charge in [0.15, 0.2) is 6.61 Å². The molecular formula is C22H17FN2O2. The lowest BCUT2D eigenvalue weighted by Gasteiger charge is -2.09. The zero-order valence-corrected chi connectivity index (χ0v) is 14.5. The molecule has 1 amide bonds. The van der Waals surface area contributed by atoms with Gasteiger partial charge in [0.2, 0.25) is 0 Å². The Morgan fingerprint density at radius 3 is 2.22 bits per heavy atom. The lowest BCUT2D eigenvalue weighted by atomic mass is 10.0. The highest BCUT2D eigenvalue weighted by Crippen LogP contribution is 2.22. The van der Waals surface area contributed by atoms with Crippen molar-refractivity contribution in [3.63, 3.8) is 0 Å². The summed E-state index contributed by atoms with van der Waals surface area (Å²) in [5.41, 5.74) is 3.01. The minimum atomic E-state index is -0.350. The second-order valence-corrected chi connectivity index (χ2v) is 5.87. The monoisotopic (exact) mass is 360 g/mol. The molecule has 1 N–H and O–H groups in total. The van der Waals surface area contributed by atoms with Crippen molar-refractivity contribution < 1.29 is 13.9 Å². The van der Waals surface area contributed by atoms with Crippen molar-refractivity contribution in [2.75, 3.05) is 6.61 Å². The SMILES string of the molecule is N#Cc1ccc(-c2ccc(OCC(=O)NCc3ccccc3F)cc2)cc1. The molecule has 0 heterocycles. The molecule has 0 aliphatic carbocycles. The molecule has 4 nitrogen and oxygen atoms in total. The van der Waals surface area contributed by atoms with Gasteiger partial charge in [-0.15, -0.1) is 0 Å². The summed E-state index contributed by atoms with van der Waals surface area (Å²) in [5.74, 6) is -0.111. The predicted octanol–water partition coefficient (Wildman–Crippen LogP) is 4.06.